The summed E-state index contributed by atoms with van der Waals surface area (Å²) in [6, 6.07) is 10.5. The molecular weight excluding hydrogens is 373 g/mol. The number of benzene rings is 2. The van der Waals surface area contributed by atoms with Crippen LogP contribution in [0, 0.1) is 11.7 Å². The van der Waals surface area contributed by atoms with Crippen LogP contribution < -0.4 is 15.4 Å². The van der Waals surface area contributed by atoms with Gasteiger partial charge < -0.3 is 15.7 Å². The number of hydrogen-bond acceptors (Lipinski definition) is 5. The molecular formula is C18H20FN3O4S. The van der Waals surface area contributed by atoms with Gasteiger partial charge >= 0.3 is 0 Å². The van der Waals surface area contributed by atoms with E-state index in [1.807, 2.05) is 0 Å². The Bertz CT molecular complexity index is 918. The van der Waals surface area contributed by atoms with Gasteiger partial charge in [-0.15, -0.1) is 0 Å². The molecule has 27 heavy (non-hydrogen) atoms. The van der Waals surface area contributed by atoms with Gasteiger partial charge in [0.05, 0.1) is 11.0 Å². The van der Waals surface area contributed by atoms with Gasteiger partial charge in [0.2, 0.25) is 0 Å². The highest BCUT2D eigenvalue weighted by Gasteiger charge is 2.25. The fourth-order valence-corrected chi connectivity index (χ4v) is 3.89. The number of nitrogens with one attached hydrogen (secondary N) is 3. The molecule has 0 bridgehead atoms. The molecule has 0 radical (unpaired) electrons. The van der Waals surface area contributed by atoms with E-state index in [1.165, 1.54) is 36.4 Å². The molecule has 9 heteroatoms. The topological polar surface area (TPSA) is 108 Å². The minimum absolute atomic E-state index is 0.0814. The summed E-state index contributed by atoms with van der Waals surface area (Å²) in [6.45, 7) is 1.39. The van der Waals surface area contributed by atoms with E-state index in [1.54, 1.807) is 0 Å². The van der Waals surface area contributed by atoms with E-state index in [-0.39, 0.29) is 28.6 Å². The third-order valence-corrected chi connectivity index (χ3v) is 5.71. The molecule has 4 N–H and O–H groups in total. The Balaban J connectivity index is 1.70. The molecule has 7 nitrogen and oxygen atoms in total. The zero-order valence-corrected chi connectivity index (χ0v) is 15.2. The lowest BCUT2D eigenvalue weighted by molar-refractivity contribution is 0.0927. The Morgan fingerprint density at radius 2 is 1.93 bits per heavy atom. The largest absolute Gasteiger partial charge is 0.391 e. The molecule has 2 unspecified atom stereocenters. The number of anilines is 1. The van der Waals surface area contributed by atoms with Crippen LogP contribution in [0.5, 0.6) is 0 Å². The number of carbonyl (C=O) groups excluding carboxylic acids is 1. The van der Waals surface area contributed by atoms with Crippen molar-refractivity contribution in [2.24, 2.45) is 5.92 Å². The van der Waals surface area contributed by atoms with Gasteiger partial charge in [0, 0.05) is 36.8 Å². The van der Waals surface area contributed by atoms with Gasteiger partial charge in [-0.1, -0.05) is 6.07 Å². The maximum absolute atomic E-state index is 13.0. The second-order valence-electron chi connectivity index (χ2n) is 6.34. The number of sulfonamides is 1. The van der Waals surface area contributed by atoms with Gasteiger partial charge in [-0.3, -0.25) is 9.52 Å². The van der Waals surface area contributed by atoms with Crippen LogP contribution in [-0.2, 0) is 10.0 Å². The minimum Gasteiger partial charge on any atom is -0.391 e. The van der Waals surface area contributed by atoms with Crippen molar-refractivity contribution in [2.75, 3.05) is 24.4 Å². The lowest BCUT2D eigenvalue weighted by Crippen LogP contribution is -2.34. The average molecular weight is 393 g/mol. The van der Waals surface area contributed by atoms with Crippen LogP contribution in [0.4, 0.5) is 10.1 Å². The predicted octanol–water partition coefficient (Wildman–Crippen LogP) is 0.937. The zero-order chi connectivity index (χ0) is 19.4. The molecule has 2 aromatic carbocycles. The molecule has 0 saturated carbocycles. The SMILES string of the molecule is O=C(NCC1CNCC1O)c1cccc(S(=O)(=O)Nc2ccc(F)cc2)c1. The van der Waals surface area contributed by atoms with Gasteiger partial charge in [-0.25, -0.2) is 12.8 Å². The summed E-state index contributed by atoms with van der Waals surface area (Å²) in [5.41, 5.74) is 0.409. The van der Waals surface area contributed by atoms with Gasteiger partial charge in [-0.05, 0) is 42.5 Å². The van der Waals surface area contributed by atoms with Gasteiger partial charge in [0.1, 0.15) is 5.82 Å². The zero-order valence-electron chi connectivity index (χ0n) is 14.4. The number of β-amino-alcohol motifs (C(OH)–C–C–N with tert-alkyl or cyclic N) is 1. The normalized spacial score (nSPS) is 19.6. The molecule has 1 aliphatic heterocycles. The number of hydrogen-bond donors (Lipinski definition) is 4. The quantitative estimate of drug-likeness (QED) is 0.584. The molecule has 0 aliphatic carbocycles. The molecule has 3 rings (SSSR count). The van der Waals surface area contributed by atoms with Crippen LogP contribution in [0.15, 0.2) is 53.4 Å². The number of amides is 1. The summed E-state index contributed by atoms with van der Waals surface area (Å²) < 4.78 is 40.3. The van der Waals surface area contributed by atoms with Crippen molar-refractivity contribution < 1.29 is 22.7 Å². The number of rotatable bonds is 6. The Morgan fingerprint density at radius 3 is 2.59 bits per heavy atom. The highest BCUT2D eigenvalue weighted by Crippen LogP contribution is 2.18. The summed E-state index contributed by atoms with van der Waals surface area (Å²) in [4.78, 5) is 12.2. The van der Waals surface area contributed by atoms with Crippen molar-refractivity contribution in [3.05, 3.63) is 59.9 Å². The fourth-order valence-electron chi connectivity index (χ4n) is 2.79. The Labute approximate surface area is 156 Å². The first-order valence-corrected chi connectivity index (χ1v) is 9.89. The van der Waals surface area contributed by atoms with Crippen LogP contribution in [-0.4, -0.2) is 45.2 Å². The Morgan fingerprint density at radius 1 is 1.19 bits per heavy atom. The van der Waals surface area contributed by atoms with Crippen LogP contribution in [0.25, 0.3) is 0 Å². The maximum Gasteiger partial charge on any atom is 0.261 e. The van der Waals surface area contributed by atoms with E-state index >= 15 is 0 Å². The minimum atomic E-state index is -3.92. The highest BCUT2D eigenvalue weighted by molar-refractivity contribution is 7.92. The standard InChI is InChI=1S/C18H20FN3O4S/c19-14-4-6-15(7-5-14)22-27(25,26)16-3-1-2-12(8-16)18(24)21-10-13-9-20-11-17(13)23/h1-8,13,17,20,22-23H,9-11H2,(H,21,24). The molecule has 1 heterocycles. The van der Waals surface area contributed by atoms with E-state index < -0.39 is 27.9 Å². The summed E-state index contributed by atoms with van der Waals surface area (Å²) in [5, 5.41) is 15.5. The van der Waals surface area contributed by atoms with Crippen molar-refractivity contribution in [1.29, 1.82) is 0 Å². The highest BCUT2D eigenvalue weighted by atomic mass is 32.2. The van der Waals surface area contributed by atoms with Crippen LogP contribution in [0.3, 0.4) is 0 Å². The molecule has 144 valence electrons. The smallest absolute Gasteiger partial charge is 0.261 e. The molecule has 0 spiro atoms. The Hall–Kier alpha value is -2.49. The van der Waals surface area contributed by atoms with Crippen molar-refractivity contribution >= 4 is 21.6 Å². The van der Waals surface area contributed by atoms with Crippen LogP contribution >= 0.6 is 0 Å². The molecule has 0 aromatic heterocycles. The van der Waals surface area contributed by atoms with Crippen LogP contribution in [0.2, 0.25) is 0 Å². The van der Waals surface area contributed by atoms with Gasteiger partial charge in [0.25, 0.3) is 15.9 Å². The first kappa shape index (κ1) is 19.3. The summed E-state index contributed by atoms with van der Waals surface area (Å²) in [5.74, 6) is -0.979. The summed E-state index contributed by atoms with van der Waals surface area (Å²) in [6.07, 6.45) is -0.517. The second kappa shape index (κ2) is 8.03. The third-order valence-electron chi connectivity index (χ3n) is 4.33. The summed E-state index contributed by atoms with van der Waals surface area (Å²) in [7, 11) is -3.92. The summed E-state index contributed by atoms with van der Waals surface area (Å²) >= 11 is 0. The first-order valence-electron chi connectivity index (χ1n) is 8.40. The van der Waals surface area contributed by atoms with Crippen molar-refractivity contribution in [3.63, 3.8) is 0 Å². The average Bonchev–Trinajstić information content (AvgIpc) is 3.06. The number of halogens is 1. The monoisotopic (exact) mass is 393 g/mol. The van der Waals surface area contributed by atoms with E-state index in [0.717, 1.165) is 12.1 Å². The Kier molecular flexibility index (Phi) is 5.73. The lowest BCUT2D eigenvalue weighted by atomic mass is 10.1. The number of carbonyl (C=O) groups is 1. The fraction of sp³-hybridized carbons (Fsp3) is 0.278. The van der Waals surface area contributed by atoms with Gasteiger partial charge in [0.15, 0.2) is 0 Å². The van der Waals surface area contributed by atoms with Crippen LogP contribution in [0.1, 0.15) is 10.4 Å². The van der Waals surface area contributed by atoms with E-state index in [2.05, 4.69) is 15.4 Å². The number of aliphatic hydroxyl groups excluding tert-OH is 1. The predicted molar refractivity (Wildman–Crippen MR) is 98.4 cm³/mol. The van der Waals surface area contributed by atoms with E-state index in [9.17, 15) is 22.7 Å². The van der Waals surface area contributed by atoms with E-state index in [4.69, 9.17) is 0 Å². The first-order chi connectivity index (χ1) is 12.8. The van der Waals surface area contributed by atoms with Gasteiger partial charge in [-0.2, -0.15) is 0 Å². The molecule has 2 aromatic rings. The molecule has 2 atom stereocenters. The third kappa shape index (κ3) is 4.82. The van der Waals surface area contributed by atoms with Crippen molar-refractivity contribution in [2.45, 2.75) is 11.0 Å². The molecule has 1 fully saturated rings. The molecule has 1 amide bonds. The van der Waals surface area contributed by atoms with Crippen molar-refractivity contribution in [1.82, 2.24) is 10.6 Å². The maximum atomic E-state index is 13.0. The number of aliphatic hydroxyl groups is 1. The second-order valence-corrected chi connectivity index (χ2v) is 8.02. The molecule has 1 aliphatic rings. The lowest BCUT2D eigenvalue weighted by Gasteiger charge is -2.14. The molecule has 1 saturated heterocycles. The van der Waals surface area contributed by atoms with E-state index in [0.29, 0.717) is 13.1 Å². The van der Waals surface area contributed by atoms with Crippen molar-refractivity contribution in [3.8, 4) is 0 Å².